The highest BCUT2D eigenvalue weighted by atomic mass is 32.1. The van der Waals surface area contributed by atoms with Crippen molar-refractivity contribution < 1.29 is 14.3 Å². The third-order valence-electron chi connectivity index (χ3n) is 4.64. The van der Waals surface area contributed by atoms with E-state index in [1.165, 1.54) is 11.3 Å². The molecular formula is C19H23N3O3S. The summed E-state index contributed by atoms with van der Waals surface area (Å²) in [5, 5.41) is 3.40. The van der Waals surface area contributed by atoms with E-state index in [0.29, 0.717) is 27.9 Å². The number of anilines is 1. The van der Waals surface area contributed by atoms with Gasteiger partial charge >= 0.3 is 0 Å². The molecule has 3 rings (SSSR count). The fourth-order valence-corrected chi connectivity index (χ4v) is 4.40. The zero-order valence-corrected chi connectivity index (χ0v) is 16.0. The molecule has 7 heteroatoms. The van der Waals surface area contributed by atoms with Gasteiger partial charge in [-0.05, 0) is 50.1 Å². The Labute approximate surface area is 156 Å². The first-order chi connectivity index (χ1) is 12.4. The minimum absolute atomic E-state index is 0.269. The molecule has 0 aliphatic carbocycles. The Hall–Kier alpha value is -2.38. The molecule has 0 fully saturated rings. The van der Waals surface area contributed by atoms with Crippen molar-refractivity contribution in [2.45, 2.75) is 32.9 Å². The Morgan fingerprint density at radius 1 is 1.27 bits per heavy atom. The van der Waals surface area contributed by atoms with Crippen molar-refractivity contribution >= 4 is 28.2 Å². The van der Waals surface area contributed by atoms with Crippen molar-refractivity contribution in [3.05, 3.63) is 45.8 Å². The molecule has 0 saturated carbocycles. The van der Waals surface area contributed by atoms with Crippen molar-refractivity contribution in [3.8, 4) is 5.75 Å². The van der Waals surface area contributed by atoms with Crippen molar-refractivity contribution in [1.29, 1.82) is 0 Å². The van der Waals surface area contributed by atoms with Gasteiger partial charge < -0.3 is 15.8 Å². The number of thiophene rings is 1. The fourth-order valence-electron chi connectivity index (χ4n) is 3.13. The number of methoxy groups -OCH3 is 1. The summed E-state index contributed by atoms with van der Waals surface area (Å²) in [7, 11) is 1.57. The van der Waals surface area contributed by atoms with Gasteiger partial charge in [-0.15, -0.1) is 11.3 Å². The normalized spacial score (nSPS) is 14.2. The lowest BCUT2D eigenvalue weighted by molar-refractivity contribution is 0.0999. The van der Waals surface area contributed by atoms with Gasteiger partial charge in [0.15, 0.2) is 0 Å². The second-order valence-electron chi connectivity index (χ2n) is 6.57. The van der Waals surface area contributed by atoms with E-state index in [1.54, 1.807) is 31.4 Å². The number of hydrogen-bond donors (Lipinski definition) is 2. The lowest BCUT2D eigenvalue weighted by Crippen LogP contribution is -2.35. The zero-order chi connectivity index (χ0) is 18.8. The van der Waals surface area contributed by atoms with Gasteiger partial charge in [-0.25, -0.2) is 0 Å². The molecule has 3 N–H and O–H groups in total. The molecule has 138 valence electrons. The Bertz CT molecular complexity index is 827. The molecule has 26 heavy (non-hydrogen) atoms. The number of carbonyl (C=O) groups excluding carboxylic acids is 2. The molecule has 1 aliphatic rings. The van der Waals surface area contributed by atoms with E-state index >= 15 is 0 Å². The number of fused-ring (bicyclic) bond motifs is 1. The minimum atomic E-state index is -0.495. The molecule has 0 spiro atoms. The summed E-state index contributed by atoms with van der Waals surface area (Å²) in [5.41, 5.74) is 7.54. The smallest absolute Gasteiger partial charge is 0.256 e. The summed E-state index contributed by atoms with van der Waals surface area (Å²) in [5.74, 6) is -0.0836. The van der Waals surface area contributed by atoms with Crippen molar-refractivity contribution in [2.75, 3.05) is 19.0 Å². The summed E-state index contributed by atoms with van der Waals surface area (Å²) in [6.07, 6.45) is 0.765. The highest BCUT2D eigenvalue weighted by Gasteiger charge is 2.28. The summed E-state index contributed by atoms with van der Waals surface area (Å²) in [4.78, 5) is 28.0. The van der Waals surface area contributed by atoms with Gasteiger partial charge in [-0.2, -0.15) is 0 Å². The van der Waals surface area contributed by atoms with Crippen LogP contribution in [0.5, 0.6) is 5.75 Å². The predicted molar refractivity (Wildman–Crippen MR) is 103 cm³/mol. The predicted octanol–water partition coefficient (Wildman–Crippen LogP) is 2.87. The van der Waals surface area contributed by atoms with Crippen LogP contribution in [-0.4, -0.2) is 36.4 Å². The standard InChI is InChI=1S/C19H23N3O3S/c1-11(2)22-9-8-14-15(10-22)26-19(16(14)17(20)23)21-18(24)12-4-6-13(25-3)7-5-12/h4-7,11H,8-10H2,1-3H3,(H2,20,23)(H,21,24). The Morgan fingerprint density at radius 3 is 2.54 bits per heavy atom. The number of primary amides is 1. The lowest BCUT2D eigenvalue weighted by atomic mass is 10.0. The second kappa shape index (κ2) is 7.47. The van der Waals surface area contributed by atoms with Gasteiger partial charge in [0.1, 0.15) is 10.8 Å². The molecular weight excluding hydrogens is 350 g/mol. The first kappa shape index (κ1) is 18.4. The summed E-state index contributed by atoms with van der Waals surface area (Å²) < 4.78 is 5.11. The first-order valence-electron chi connectivity index (χ1n) is 8.54. The molecule has 2 heterocycles. The highest BCUT2D eigenvalue weighted by Crippen LogP contribution is 2.37. The van der Waals surface area contributed by atoms with Crippen LogP contribution in [0.1, 0.15) is 45.0 Å². The van der Waals surface area contributed by atoms with E-state index in [2.05, 4.69) is 24.1 Å². The molecule has 6 nitrogen and oxygen atoms in total. The van der Waals surface area contributed by atoms with E-state index < -0.39 is 5.91 Å². The highest BCUT2D eigenvalue weighted by molar-refractivity contribution is 7.17. The molecule has 2 amide bonds. The number of nitrogens with two attached hydrogens (primary N) is 1. The number of rotatable bonds is 5. The lowest BCUT2D eigenvalue weighted by Gasteiger charge is -2.30. The van der Waals surface area contributed by atoms with Crippen LogP contribution >= 0.6 is 11.3 Å². The van der Waals surface area contributed by atoms with E-state index in [1.807, 2.05) is 0 Å². The number of carbonyl (C=O) groups is 2. The van der Waals surface area contributed by atoms with Crippen LogP contribution in [0.4, 0.5) is 5.00 Å². The molecule has 0 unspecified atom stereocenters. The molecule has 0 saturated heterocycles. The molecule has 1 aromatic carbocycles. The van der Waals surface area contributed by atoms with Gasteiger partial charge in [0.05, 0.1) is 12.7 Å². The van der Waals surface area contributed by atoms with E-state index in [4.69, 9.17) is 10.5 Å². The van der Waals surface area contributed by atoms with Crippen molar-refractivity contribution in [3.63, 3.8) is 0 Å². The van der Waals surface area contributed by atoms with E-state index in [9.17, 15) is 9.59 Å². The topological polar surface area (TPSA) is 84.7 Å². The monoisotopic (exact) mass is 373 g/mol. The molecule has 0 atom stereocenters. The van der Waals surface area contributed by atoms with Gasteiger partial charge in [0.25, 0.3) is 11.8 Å². The van der Waals surface area contributed by atoms with Crippen LogP contribution in [0.25, 0.3) is 0 Å². The van der Waals surface area contributed by atoms with Crippen LogP contribution in [0.2, 0.25) is 0 Å². The van der Waals surface area contributed by atoms with Crippen LogP contribution in [0.3, 0.4) is 0 Å². The summed E-state index contributed by atoms with van der Waals surface area (Å²) in [6.45, 7) is 5.96. The Kier molecular flexibility index (Phi) is 5.29. The average molecular weight is 373 g/mol. The maximum Gasteiger partial charge on any atom is 0.256 e. The molecule has 1 aromatic heterocycles. The SMILES string of the molecule is COc1ccc(C(=O)Nc2sc3c(c2C(N)=O)CCN(C(C)C)C3)cc1. The maximum absolute atomic E-state index is 12.6. The van der Waals surface area contributed by atoms with Gasteiger partial charge in [-0.1, -0.05) is 0 Å². The van der Waals surface area contributed by atoms with Gasteiger partial charge in [-0.3, -0.25) is 14.5 Å². The number of hydrogen-bond acceptors (Lipinski definition) is 5. The number of nitrogens with zero attached hydrogens (tertiary/aromatic N) is 1. The van der Waals surface area contributed by atoms with Gasteiger partial charge in [0.2, 0.25) is 0 Å². The zero-order valence-electron chi connectivity index (χ0n) is 15.2. The third kappa shape index (κ3) is 3.59. The first-order valence-corrected chi connectivity index (χ1v) is 9.36. The number of ether oxygens (including phenoxy) is 1. The maximum atomic E-state index is 12.6. The van der Waals surface area contributed by atoms with Crippen LogP contribution < -0.4 is 15.8 Å². The average Bonchev–Trinajstić information content (AvgIpc) is 2.98. The van der Waals surface area contributed by atoms with Crippen molar-refractivity contribution in [2.24, 2.45) is 5.73 Å². The Balaban J connectivity index is 1.87. The van der Waals surface area contributed by atoms with Crippen LogP contribution in [0.15, 0.2) is 24.3 Å². The number of nitrogens with one attached hydrogen (secondary N) is 1. The van der Waals surface area contributed by atoms with E-state index in [-0.39, 0.29) is 5.91 Å². The second-order valence-corrected chi connectivity index (χ2v) is 7.67. The third-order valence-corrected chi connectivity index (χ3v) is 5.77. The molecule has 0 bridgehead atoms. The largest absolute Gasteiger partial charge is 0.497 e. The molecule has 1 aliphatic heterocycles. The fraction of sp³-hybridized carbons (Fsp3) is 0.368. The summed E-state index contributed by atoms with van der Waals surface area (Å²) in [6, 6.07) is 7.26. The van der Waals surface area contributed by atoms with Gasteiger partial charge in [0, 0.05) is 29.6 Å². The summed E-state index contributed by atoms with van der Waals surface area (Å²) >= 11 is 1.44. The van der Waals surface area contributed by atoms with Crippen LogP contribution in [-0.2, 0) is 13.0 Å². The molecule has 0 radical (unpaired) electrons. The van der Waals surface area contributed by atoms with Crippen molar-refractivity contribution in [1.82, 2.24) is 4.90 Å². The van der Waals surface area contributed by atoms with Crippen LogP contribution in [0, 0.1) is 0 Å². The minimum Gasteiger partial charge on any atom is -0.497 e. The quantitative estimate of drug-likeness (QED) is 0.844. The Morgan fingerprint density at radius 2 is 1.96 bits per heavy atom. The number of benzene rings is 1. The molecule has 2 aromatic rings. The van der Waals surface area contributed by atoms with E-state index in [0.717, 1.165) is 30.0 Å². The number of amides is 2.